The molecule has 34 heavy (non-hydrogen) atoms. The summed E-state index contributed by atoms with van der Waals surface area (Å²) in [7, 11) is 0. The second kappa shape index (κ2) is 11.8. The van der Waals surface area contributed by atoms with Crippen molar-refractivity contribution in [1.82, 2.24) is 15.1 Å². The van der Waals surface area contributed by atoms with Gasteiger partial charge in [0.15, 0.2) is 0 Å². The van der Waals surface area contributed by atoms with Crippen molar-refractivity contribution >= 4 is 11.7 Å². The molecule has 0 saturated carbocycles. The molecule has 0 aliphatic carbocycles. The third-order valence-electron chi connectivity index (χ3n) is 7.22. The average molecular weight is 471 g/mol. The summed E-state index contributed by atoms with van der Waals surface area (Å²) < 4.78 is 26.4. The van der Waals surface area contributed by atoms with E-state index in [9.17, 15) is 13.6 Å². The van der Waals surface area contributed by atoms with Crippen molar-refractivity contribution in [3.8, 4) is 0 Å². The number of nitrogens with one attached hydrogen (secondary N) is 2. The molecule has 0 aromatic heterocycles. The predicted octanol–water partition coefficient (Wildman–Crippen LogP) is 4.75. The number of piperidine rings is 2. The number of urea groups is 1. The summed E-state index contributed by atoms with van der Waals surface area (Å²) in [6, 6.07) is 12.6. The van der Waals surface area contributed by atoms with Crippen LogP contribution in [0.5, 0.6) is 0 Å². The third kappa shape index (κ3) is 7.00. The molecule has 2 aliphatic heterocycles. The van der Waals surface area contributed by atoms with Gasteiger partial charge < -0.3 is 20.4 Å². The quantitative estimate of drug-likeness (QED) is 0.614. The van der Waals surface area contributed by atoms with Crippen molar-refractivity contribution in [1.29, 1.82) is 0 Å². The fourth-order valence-electron chi connectivity index (χ4n) is 5.41. The normalized spacial score (nSPS) is 24.0. The minimum atomic E-state index is -0.322. The van der Waals surface area contributed by atoms with Crippen molar-refractivity contribution in [2.45, 2.75) is 38.6 Å². The Kier molecular flexibility index (Phi) is 8.51. The Morgan fingerprint density at radius 2 is 1.65 bits per heavy atom. The fraction of sp³-hybridized carbons (Fsp3) is 0.519. The largest absolute Gasteiger partial charge is 0.335 e. The summed E-state index contributed by atoms with van der Waals surface area (Å²) in [5.41, 5.74) is 1.78. The first-order valence-corrected chi connectivity index (χ1v) is 12.5. The van der Waals surface area contributed by atoms with Crippen LogP contribution in [-0.4, -0.2) is 61.1 Å². The summed E-state index contributed by atoms with van der Waals surface area (Å²) in [5, 5.41) is 6.02. The van der Waals surface area contributed by atoms with Gasteiger partial charge in [0.1, 0.15) is 11.6 Å². The fourth-order valence-corrected chi connectivity index (χ4v) is 5.41. The Bertz CT molecular complexity index is 921. The van der Waals surface area contributed by atoms with Gasteiger partial charge in [-0.2, -0.15) is 0 Å². The first-order valence-electron chi connectivity index (χ1n) is 12.5. The molecule has 2 saturated heterocycles. The number of hydrogen-bond donors (Lipinski definition) is 2. The highest BCUT2D eigenvalue weighted by molar-refractivity contribution is 5.89. The van der Waals surface area contributed by atoms with Crippen molar-refractivity contribution in [3.05, 3.63) is 65.7 Å². The SMILES string of the molecule is CCN1CC[C@@H](NC(=O)Nc2ccc(F)cc2)[C@H](CN2CCCC(Cc3ccc(F)cc3)C2)C1. The highest BCUT2D eigenvalue weighted by atomic mass is 19.1. The molecule has 2 aromatic carbocycles. The van der Waals surface area contributed by atoms with Crippen LogP contribution in [-0.2, 0) is 6.42 Å². The van der Waals surface area contributed by atoms with Crippen LogP contribution in [0.3, 0.4) is 0 Å². The maximum atomic E-state index is 13.3. The van der Waals surface area contributed by atoms with Gasteiger partial charge in [0, 0.05) is 43.8 Å². The van der Waals surface area contributed by atoms with E-state index in [4.69, 9.17) is 0 Å². The maximum Gasteiger partial charge on any atom is 0.319 e. The highest BCUT2D eigenvalue weighted by Gasteiger charge is 2.32. The molecule has 2 N–H and O–H groups in total. The third-order valence-corrected chi connectivity index (χ3v) is 7.22. The number of benzene rings is 2. The van der Waals surface area contributed by atoms with Crippen molar-refractivity contribution in [2.75, 3.05) is 44.6 Å². The zero-order valence-electron chi connectivity index (χ0n) is 20.0. The van der Waals surface area contributed by atoms with Crippen LogP contribution in [0.25, 0.3) is 0 Å². The first-order chi connectivity index (χ1) is 16.5. The van der Waals surface area contributed by atoms with E-state index >= 15 is 0 Å². The lowest BCUT2D eigenvalue weighted by Gasteiger charge is -2.42. The Hall–Kier alpha value is -2.51. The van der Waals surface area contributed by atoms with E-state index in [0.717, 1.165) is 52.1 Å². The molecule has 1 unspecified atom stereocenters. The van der Waals surface area contributed by atoms with Gasteiger partial charge in [-0.1, -0.05) is 19.1 Å². The lowest BCUT2D eigenvalue weighted by molar-refractivity contribution is 0.0876. The summed E-state index contributed by atoms with van der Waals surface area (Å²) in [4.78, 5) is 17.7. The lowest BCUT2D eigenvalue weighted by Crippen LogP contribution is -2.55. The number of carbonyl (C=O) groups excluding carboxylic acids is 1. The summed E-state index contributed by atoms with van der Waals surface area (Å²) in [6.07, 6.45) is 4.26. The van der Waals surface area contributed by atoms with Crippen LogP contribution >= 0.6 is 0 Å². The summed E-state index contributed by atoms with van der Waals surface area (Å²) in [5.74, 6) is 0.404. The Balaban J connectivity index is 1.34. The van der Waals surface area contributed by atoms with Gasteiger partial charge in [-0.05, 0) is 86.7 Å². The molecule has 0 bridgehead atoms. The van der Waals surface area contributed by atoms with Gasteiger partial charge in [0.2, 0.25) is 0 Å². The Labute approximate surface area is 201 Å². The van der Waals surface area contributed by atoms with Gasteiger partial charge >= 0.3 is 6.03 Å². The number of hydrogen-bond acceptors (Lipinski definition) is 3. The highest BCUT2D eigenvalue weighted by Crippen LogP contribution is 2.25. The van der Waals surface area contributed by atoms with Gasteiger partial charge in [-0.25, -0.2) is 13.6 Å². The number of amides is 2. The van der Waals surface area contributed by atoms with Crippen LogP contribution < -0.4 is 10.6 Å². The number of anilines is 1. The molecule has 0 spiro atoms. The second-order valence-corrected chi connectivity index (χ2v) is 9.75. The number of halogens is 2. The molecular formula is C27H36F2N4O. The Morgan fingerprint density at radius 1 is 0.941 bits per heavy atom. The molecule has 2 fully saturated rings. The van der Waals surface area contributed by atoms with Crippen LogP contribution in [0, 0.1) is 23.5 Å². The second-order valence-electron chi connectivity index (χ2n) is 9.75. The van der Waals surface area contributed by atoms with Crippen LogP contribution in [0.4, 0.5) is 19.3 Å². The van der Waals surface area contributed by atoms with Crippen molar-refractivity contribution in [2.24, 2.45) is 11.8 Å². The molecular weight excluding hydrogens is 434 g/mol. The van der Waals surface area contributed by atoms with Crippen LogP contribution in [0.1, 0.15) is 31.7 Å². The minimum Gasteiger partial charge on any atom is -0.335 e. The molecule has 4 rings (SSSR count). The van der Waals surface area contributed by atoms with E-state index in [1.54, 1.807) is 24.3 Å². The molecule has 2 amide bonds. The summed E-state index contributed by atoms with van der Waals surface area (Å²) in [6.45, 7) is 8.21. The molecule has 0 radical (unpaired) electrons. The van der Waals surface area contributed by atoms with Gasteiger partial charge in [-0.15, -0.1) is 0 Å². The Morgan fingerprint density at radius 3 is 2.35 bits per heavy atom. The van der Waals surface area contributed by atoms with Gasteiger partial charge in [-0.3, -0.25) is 0 Å². The molecule has 2 aliphatic rings. The molecule has 2 heterocycles. The maximum absolute atomic E-state index is 13.3. The predicted molar refractivity (Wildman–Crippen MR) is 132 cm³/mol. The molecule has 2 aromatic rings. The monoisotopic (exact) mass is 470 g/mol. The van der Waals surface area contributed by atoms with E-state index in [1.807, 2.05) is 12.1 Å². The number of rotatable bonds is 7. The van der Waals surface area contributed by atoms with Crippen molar-refractivity contribution in [3.63, 3.8) is 0 Å². The standard InChI is InChI=1S/C27H36F2N4O/c1-2-32-15-13-26(31-27(34)30-25-11-9-24(29)10-12-25)22(18-32)19-33-14-3-4-21(17-33)16-20-5-7-23(28)8-6-20/h5-12,21-22,26H,2-4,13-19H2,1H3,(H2,30,31,34)/t21?,22-,26+/m0/s1. The smallest absolute Gasteiger partial charge is 0.319 e. The molecule has 7 heteroatoms. The van der Waals surface area contributed by atoms with Gasteiger partial charge in [0.25, 0.3) is 0 Å². The minimum absolute atomic E-state index is 0.0979. The van der Waals surface area contributed by atoms with E-state index in [1.165, 1.54) is 30.5 Å². The molecule has 184 valence electrons. The van der Waals surface area contributed by atoms with E-state index in [0.29, 0.717) is 17.5 Å². The zero-order chi connectivity index (χ0) is 23.9. The van der Waals surface area contributed by atoms with Crippen LogP contribution in [0.15, 0.2) is 48.5 Å². The summed E-state index contributed by atoms with van der Waals surface area (Å²) >= 11 is 0. The molecule has 3 atom stereocenters. The van der Waals surface area contributed by atoms with Crippen molar-refractivity contribution < 1.29 is 13.6 Å². The van der Waals surface area contributed by atoms with Crippen LogP contribution in [0.2, 0.25) is 0 Å². The average Bonchev–Trinajstić information content (AvgIpc) is 2.83. The zero-order valence-corrected chi connectivity index (χ0v) is 20.0. The number of nitrogens with zero attached hydrogens (tertiary/aromatic N) is 2. The molecule has 5 nitrogen and oxygen atoms in total. The first kappa shape index (κ1) is 24.6. The number of likely N-dealkylation sites (tertiary alicyclic amines) is 2. The van der Waals surface area contributed by atoms with Gasteiger partial charge in [0.05, 0.1) is 0 Å². The topological polar surface area (TPSA) is 47.6 Å². The lowest BCUT2D eigenvalue weighted by atomic mass is 9.88. The van der Waals surface area contributed by atoms with E-state index in [-0.39, 0.29) is 23.7 Å². The van der Waals surface area contributed by atoms with E-state index < -0.39 is 0 Å². The number of carbonyl (C=O) groups is 1. The van der Waals surface area contributed by atoms with E-state index in [2.05, 4.69) is 27.4 Å².